The summed E-state index contributed by atoms with van der Waals surface area (Å²) in [4.78, 5) is 51.8. The number of carbonyl (C=O) groups is 4. The number of rotatable bonds is 8. The van der Waals surface area contributed by atoms with Gasteiger partial charge in [0.1, 0.15) is 13.2 Å². The molecule has 1 saturated heterocycles. The third-order valence-corrected chi connectivity index (χ3v) is 5.05. The zero-order valence-electron chi connectivity index (χ0n) is 16.4. The van der Waals surface area contributed by atoms with Crippen LogP contribution >= 0.6 is 0 Å². The predicted molar refractivity (Wildman–Crippen MR) is 102 cm³/mol. The van der Waals surface area contributed by atoms with Gasteiger partial charge in [-0.15, -0.1) is 0 Å². The third kappa shape index (κ3) is 4.99. The van der Waals surface area contributed by atoms with Gasteiger partial charge in [-0.25, -0.2) is 0 Å². The van der Waals surface area contributed by atoms with E-state index in [-0.39, 0.29) is 31.0 Å². The lowest BCUT2D eigenvalue weighted by atomic mass is 10.0. The number of methoxy groups -OCH3 is 1. The Morgan fingerprint density at radius 1 is 1.07 bits per heavy atom. The first-order valence-electron chi connectivity index (χ1n) is 9.60. The van der Waals surface area contributed by atoms with E-state index >= 15 is 0 Å². The van der Waals surface area contributed by atoms with Crippen molar-refractivity contribution in [1.29, 1.82) is 0 Å². The number of carbonyl (C=O) groups excluding carboxylic acids is 4. The summed E-state index contributed by atoms with van der Waals surface area (Å²) in [5.74, 6) is -1.37. The van der Waals surface area contributed by atoms with E-state index in [0.29, 0.717) is 50.3 Å². The second-order valence-corrected chi connectivity index (χ2v) is 7.01. The summed E-state index contributed by atoms with van der Waals surface area (Å²) in [7, 11) is 1.57. The predicted octanol–water partition coefficient (Wildman–Crippen LogP) is 0.0528. The molecule has 2 aliphatic heterocycles. The molecule has 1 N–H and O–H groups in total. The minimum absolute atomic E-state index is 0.0140. The summed E-state index contributed by atoms with van der Waals surface area (Å²) >= 11 is 0. The van der Waals surface area contributed by atoms with Crippen molar-refractivity contribution in [3.05, 3.63) is 35.4 Å². The van der Waals surface area contributed by atoms with Crippen molar-refractivity contribution in [2.45, 2.75) is 18.9 Å². The van der Waals surface area contributed by atoms with Crippen LogP contribution in [0, 0.1) is 0 Å². The van der Waals surface area contributed by atoms with Crippen molar-refractivity contribution >= 4 is 23.6 Å². The fourth-order valence-electron chi connectivity index (χ4n) is 3.47. The zero-order chi connectivity index (χ0) is 20.8. The molecule has 0 spiro atoms. The molecule has 1 aromatic rings. The number of ether oxygens (including phenoxy) is 2. The van der Waals surface area contributed by atoms with Gasteiger partial charge in [-0.2, -0.15) is 0 Å². The van der Waals surface area contributed by atoms with Crippen molar-refractivity contribution in [1.82, 2.24) is 15.1 Å². The number of amides is 4. The summed E-state index contributed by atoms with van der Waals surface area (Å²) in [6.07, 6.45) is 1.22. The van der Waals surface area contributed by atoms with Gasteiger partial charge in [-0.3, -0.25) is 24.1 Å². The maximum Gasteiger partial charge on any atom is 0.262 e. The summed E-state index contributed by atoms with van der Waals surface area (Å²) in [5, 5.41) is 2.86. The quantitative estimate of drug-likeness (QED) is 0.486. The average molecular weight is 403 g/mol. The van der Waals surface area contributed by atoms with Gasteiger partial charge in [-0.1, -0.05) is 12.1 Å². The Bertz CT molecular complexity index is 753. The van der Waals surface area contributed by atoms with Gasteiger partial charge < -0.3 is 19.7 Å². The second kappa shape index (κ2) is 9.62. The highest BCUT2D eigenvalue weighted by Gasteiger charge is 2.36. The van der Waals surface area contributed by atoms with Crippen molar-refractivity contribution < 1.29 is 28.7 Å². The molecule has 156 valence electrons. The van der Waals surface area contributed by atoms with E-state index in [1.165, 1.54) is 0 Å². The normalized spacial score (nSPS) is 16.9. The molecule has 0 atom stereocenters. The van der Waals surface area contributed by atoms with Crippen LogP contribution in [0.2, 0.25) is 0 Å². The van der Waals surface area contributed by atoms with Gasteiger partial charge in [-0.05, 0) is 25.0 Å². The summed E-state index contributed by atoms with van der Waals surface area (Å²) < 4.78 is 10.1. The van der Waals surface area contributed by atoms with Crippen LogP contribution in [-0.2, 0) is 19.1 Å². The van der Waals surface area contributed by atoms with Crippen LogP contribution < -0.4 is 5.32 Å². The largest absolute Gasteiger partial charge is 0.382 e. The lowest BCUT2D eigenvalue weighted by Crippen LogP contribution is -2.49. The van der Waals surface area contributed by atoms with E-state index < -0.39 is 11.8 Å². The summed E-state index contributed by atoms with van der Waals surface area (Å²) in [5.41, 5.74) is 0.648. The van der Waals surface area contributed by atoms with Gasteiger partial charge >= 0.3 is 0 Å². The number of hydrogen-bond acceptors (Lipinski definition) is 6. The molecule has 29 heavy (non-hydrogen) atoms. The Morgan fingerprint density at radius 2 is 1.69 bits per heavy atom. The highest BCUT2D eigenvalue weighted by Crippen LogP contribution is 2.22. The molecule has 2 heterocycles. The van der Waals surface area contributed by atoms with E-state index in [2.05, 4.69) is 5.32 Å². The van der Waals surface area contributed by atoms with Crippen molar-refractivity contribution in [2.75, 3.05) is 46.6 Å². The van der Waals surface area contributed by atoms with E-state index in [1.807, 2.05) is 0 Å². The van der Waals surface area contributed by atoms with Crippen LogP contribution in [0.15, 0.2) is 24.3 Å². The average Bonchev–Trinajstić information content (AvgIpc) is 2.97. The third-order valence-electron chi connectivity index (χ3n) is 5.05. The molecule has 3 rings (SSSR count). The van der Waals surface area contributed by atoms with Crippen LogP contribution in [-0.4, -0.2) is 86.0 Å². The van der Waals surface area contributed by atoms with Crippen LogP contribution in [0.4, 0.5) is 0 Å². The first kappa shape index (κ1) is 20.9. The Labute approximate surface area is 168 Å². The van der Waals surface area contributed by atoms with Gasteiger partial charge in [0, 0.05) is 26.2 Å². The maximum atomic E-state index is 12.4. The first-order chi connectivity index (χ1) is 14.0. The standard InChI is InChI=1S/C20H25N3O6/c1-28-10-11-29-13-18(25)22-8-6-14(7-9-22)21-17(24)12-23-19(26)15-4-2-3-5-16(15)20(23)27/h2-5,14H,6-13H2,1H3,(H,21,24). The van der Waals surface area contributed by atoms with E-state index in [0.717, 1.165) is 4.90 Å². The van der Waals surface area contributed by atoms with Crippen LogP contribution in [0.25, 0.3) is 0 Å². The number of nitrogens with zero attached hydrogens (tertiary/aromatic N) is 2. The number of piperidine rings is 1. The van der Waals surface area contributed by atoms with E-state index in [9.17, 15) is 19.2 Å². The fourth-order valence-corrected chi connectivity index (χ4v) is 3.47. The number of hydrogen-bond donors (Lipinski definition) is 1. The Morgan fingerprint density at radius 3 is 2.28 bits per heavy atom. The molecule has 0 aliphatic carbocycles. The number of imide groups is 1. The topological polar surface area (TPSA) is 105 Å². The molecule has 9 nitrogen and oxygen atoms in total. The Balaban J connectivity index is 1.42. The lowest BCUT2D eigenvalue weighted by Gasteiger charge is -2.32. The van der Waals surface area contributed by atoms with Gasteiger partial charge in [0.05, 0.1) is 24.3 Å². The first-order valence-corrected chi connectivity index (χ1v) is 9.60. The fraction of sp³-hybridized carbons (Fsp3) is 0.500. The highest BCUT2D eigenvalue weighted by molar-refractivity contribution is 6.22. The molecular weight excluding hydrogens is 378 g/mol. The van der Waals surface area contributed by atoms with Crippen molar-refractivity contribution in [3.63, 3.8) is 0 Å². The smallest absolute Gasteiger partial charge is 0.262 e. The number of fused-ring (bicyclic) bond motifs is 1. The molecular formula is C20H25N3O6. The SMILES string of the molecule is COCCOCC(=O)N1CCC(NC(=O)CN2C(=O)c3ccccc3C2=O)CC1. The second-order valence-electron chi connectivity index (χ2n) is 7.01. The Hall–Kier alpha value is -2.78. The van der Waals surface area contributed by atoms with Gasteiger partial charge in [0.15, 0.2) is 0 Å². The lowest BCUT2D eigenvalue weighted by molar-refractivity contribution is -0.137. The maximum absolute atomic E-state index is 12.4. The van der Waals surface area contributed by atoms with E-state index in [1.54, 1.807) is 36.3 Å². The van der Waals surface area contributed by atoms with E-state index in [4.69, 9.17) is 9.47 Å². The number of benzene rings is 1. The van der Waals surface area contributed by atoms with Crippen LogP contribution in [0.1, 0.15) is 33.6 Å². The minimum atomic E-state index is -0.449. The summed E-state index contributed by atoms with van der Waals surface area (Å²) in [6, 6.07) is 6.44. The number of nitrogens with one attached hydrogen (secondary N) is 1. The minimum Gasteiger partial charge on any atom is -0.382 e. The summed E-state index contributed by atoms with van der Waals surface area (Å²) in [6.45, 7) is 1.55. The molecule has 4 amide bonds. The van der Waals surface area contributed by atoms with Crippen molar-refractivity contribution in [3.8, 4) is 0 Å². The molecule has 0 unspecified atom stereocenters. The van der Waals surface area contributed by atoms with Gasteiger partial charge in [0.25, 0.3) is 11.8 Å². The monoisotopic (exact) mass is 403 g/mol. The Kier molecular flexibility index (Phi) is 6.95. The molecule has 0 radical (unpaired) electrons. The molecule has 0 saturated carbocycles. The molecule has 9 heteroatoms. The molecule has 1 fully saturated rings. The van der Waals surface area contributed by atoms with Crippen LogP contribution in [0.5, 0.6) is 0 Å². The number of likely N-dealkylation sites (tertiary alicyclic amines) is 1. The molecule has 0 aromatic heterocycles. The molecule has 1 aromatic carbocycles. The molecule has 0 bridgehead atoms. The van der Waals surface area contributed by atoms with Crippen molar-refractivity contribution in [2.24, 2.45) is 0 Å². The zero-order valence-corrected chi connectivity index (χ0v) is 16.4. The van der Waals surface area contributed by atoms with Crippen LogP contribution in [0.3, 0.4) is 0 Å². The molecule has 2 aliphatic rings. The highest BCUT2D eigenvalue weighted by atomic mass is 16.5. The van der Waals surface area contributed by atoms with Gasteiger partial charge in [0.2, 0.25) is 11.8 Å².